The van der Waals surface area contributed by atoms with Crippen molar-refractivity contribution >= 4 is 39.4 Å². The molecular weight excluding hydrogens is 480 g/mol. The highest BCUT2D eigenvalue weighted by Gasteiger charge is 2.37. The van der Waals surface area contributed by atoms with E-state index in [4.69, 9.17) is 26.7 Å². The van der Waals surface area contributed by atoms with Gasteiger partial charge in [-0.15, -0.1) is 0 Å². The molecule has 1 aromatic carbocycles. The summed E-state index contributed by atoms with van der Waals surface area (Å²) in [5.41, 5.74) is 10.4. The topological polar surface area (TPSA) is 211 Å². The fourth-order valence-electron chi connectivity index (χ4n) is 3.06. The maximum absolute atomic E-state index is 13.4. The zero-order valence-electron chi connectivity index (χ0n) is 20.3. The quantitative estimate of drug-likeness (QED) is 0.148. The van der Waals surface area contributed by atoms with Gasteiger partial charge in [-0.3, -0.25) is 24.7 Å². The Morgan fingerprint density at radius 2 is 1.77 bits per heavy atom. The fourth-order valence-corrected chi connectivity index (χ4v) is 4.76. The number of hydrogen-bond acceptors (Lipinski definition) is 9. The van der Waals surface area contributed by atoms with E-state index in [1.165, 1.54) is 19.1 Å². The van der Waals surface area contributed by atoms with E-state index in [1.807, 2.05) is 0 Å². The summed E-state index contributed by atoms with van der Waals surface area (Å²) in [7, 11) is -4.37. The van der Waals surface area contributed by atoms with Crippen molar-refractivity contribution in [1.29, 1.82) is 5.41 Å². The largest absolute Gasteiger partial charge is 0.480 e. The molecule has 0 aliphatic rings. The molecule has 35 heavy (non-hydrogen) atoms. The van der Waals surface area contributed by atoms with E-state index in [2.05, 4.69) is 0 Å². The first kappa shape index (κ1) is 29.7. The van der Waals surface area contributed by atoms with E-state index >= 15 is 0 Å². The van der Waals surface area contributed by atoms with E-state index in [1.54, 1.807) is 27.7 Å². The molecule has 13 heteroatoms. The number of amides is 1. The molecule has 194 valence electrons. The Labute approximate surface area is 204 Å². The second-order valence-corrected chi connectivity index (χ2v) is 11.0. The van der Waals surface area contributed by atoms with Crippen LogP contribution in [0.2, 0.25) is 0 Å². The summed E-state index contributed by atoms with van der Waals surface area (Å²) in [5.74, 6) is -5.11. The van der Waals surface area contributed by atoms with Crippen LogP contribution in [-0.4, -0.2) is 71.5 Å². The number of sulfone groups is 1. The fraction of sp³-hybridized carbons (Fsp3) is 0.500. The molecule has 0 aromatic heterocycles. The minimum absolute atomic E-state index is 0.0139. The van der Waals surface area contributed by atoms with Crippen molar-refractivity contribution in [2.75, 3.05) is 6.54 Å². The number of ketones is 1. The number of hydrogen-bond donors (Lipinski definition) is 4. The molecule has 1 amide bonds. The summed E-state index contributed by atoms with van der Waals surface area (Å²) in [4.78, 5) is 48.7. The number of carbonyl (C=O) groups excluding carboxylic acids is 3. The number of carboxylic acids is 1. The zero-order valence-corrected chi connectivity index (χ0v) is 21.1. The molecule has 0 radical (unpaired) electrons. The number of rotatable bonds is 10. The second kappa shape index (κ2) is 11.4. The van der Waals surface area contributed by atoms with Crippen LogP contribution in [0.5, 0.6) is 0 Å². The third kappa shape index (κ3) is 7.59. The Morgan fingerprint density at radius 1 is 1.20 bits per heavy atom. The summed E-state index contributed by atoms with van der Waals surface area (Å²) in [5, 5.41) is 14.8. The van der Waals surface area contributed by atoms with E-state index in [0.717, 1.165) is 6.07 Å². The van der Waals surface area contributed by atoms with Crippen LogP contribution in [0.4, 0.5) is 0 Å². The van der Waals surface area contributed by atoms with Crippen LogP contribution in [0, 0.1) is 12.3 Å². The molecule has 2 atom stereocenters. The number of guanidine groups is 1. The van der Waals surface area contributed by atoms with Crippen molar-refractivity contribution in [3.05, 3.63) is 29.3 Å². The number of aryl methyl sites for hydroxylation is 1. The lowest BCUT2D eigenvalue weighted by Crippen LogP contribution is -2.50. The van der Waals surface area contributed by atoms with Crippen LogP contribution in [0.3, 0.4) is 0 Å². The molecule has 0 saturated carbocycles. The summed E-state index contributed by atoms with van der Waals surface area (Å²) in [6.45, 7) is 7.50. The zero-order chi connectivity index (χ0) is 27.3. The summed E-state index contributed by atoms with van der Waals surface area (Å²) in [6.07, 6.45) is -0.758. The predicted molar refractivity (Wildman–Crippen MR) is 126 cm³/mol. The van der Waals surface area contributed by atoms with E-state index in [-0.39, 0.29) is 16.9 Å². The normalized spacial score (nSPS) is 13.4. The Balaban J connectivity index is 3.31. The highest BCUT2D eigenvalue weighted by molar-refractivity contribution is 7.92. The first-order chi connectivity index (χ1) is 15.9. The van der Waals surface area contributed by atoms with E-state index < -0.39 is 69.3 Å². The maximum Gasteiger partial charge on any atom is 0.338 e. The summed E-state index contributed by atoms with van der Waals surface area (Å²) < 4.78 is 32.1. The van der Waals surface area contributed by atoms with Crippen molar-refractivity contribution in [1.82, 2.24) is 4.90 Å². The number of nitrogens with two attached hydrogens (primary N) is 2. The van der Waals surface area contributed by atoms with Gasteiger partial charge < -0.3 is 21.3 Å². The van der Waals surface area contributed by atoms with Crippen molar-refractivity contribution in [3.63, 3.8) is 0 Å². The average molecular weight is 513 g/mol. The molecular formula is C22H32N4O8S. The number of esters is 1. The number of ether oxygens (including phenoxy) is 1. The van der Waals surface area contributed by atoms with Crippen LogP contribution >= 0.6 is 0 Å². The number of carboxylic acid groups (broad SMARTS) is 1. The molecule has 0 fully saturated rings. The highest BCUT2D eigenvalue weighted by atomic mass is 32.2. The van der Waals surface area contributed by atoms with Crippen molar-refractivity contribution in [2.24, 2.45) is 11.5 Å². The molecule has 0 heterocycles. The predicted octanol–water partition coefficient (Wildman–Crippen LogP) is 0.596. The van der Waals surface area contributed by atoms with Crippen molar-refractivity contribution in [3.8, 4) is 0 Å². The number of aliphatic carboxylic acids is 1. The number of nitrogens with zero attached hydrogens (tertiary/aromatic N) is 1. The van der Waals surface area contributed by atoms with Gasteiger partial charge in [0, 0.05) is 13.0 Å². The molecule has 0 spiro atoms. The first-order valence-corrected chi connectivity index (χ1v) is 12.2. The molecule has 1 rings (SSSR count). The Bertz CT molecular complexity index is 1120. The van der Waals surface area contributed by atoms with Crippen molar-refractivity contribution < 1.29 is 37.4 Å². The lowest BCUT2D eigenvalue weighted by molar-refractivity contribution is -0.142. The second-order valence-electron chi connectivity index (χ2n) is 8.83. The van der Waals surface area contributed by atoms with Crippen LogP contribution in [-0.2, 0) is 29.0 Å². The van der Waals surface area contributed by atoms with E-state index in [0.29, 0.717) is 10.5 Å². The Kier molecular flexibility index (Phi) is 9.68. The van der Waals surface area contributed by atoms with Gasteiger partial charge in [0.2, 0.25) is 5.91 Å². The SMILES string of the molecule is CCC(C(=O)N(CCC(=O)C(N)C(=O)O)C(=N)N)S(=O)(=O)c1ccc(C)c(C(=O)OC(C)(C)C)c1. The molecule has 0 saturated heterocycles. The summed E-state index contributed by atoms with van der Waals surface area (Å²) >= 11 is 0. The van der Waals surface area contributed by atoms with Gasteiger partial charge in [-0.25, -0.2) is 13.2 Å². The third-order valence-corrected chi connectivity index (χ3v) is 7.12. The molecule has 1 aromatic rings. The van der Waals surface area contributed by atoms with E-state index in [9.17, 15) is 27.6 Å². The number of benzene rings is 1. The standard InChI is InChI=1S/C22H32N4O8S/c1-6-16(18(28)26(21(24)25)10-9-15(27)17(23)19(29)30)35(32,33)13-8-7-12(2)14(11-13)20(31)34-22(3,4)5/h7-8,11,16-17H,6,9-10,23H2,1-5H3,(H3,24,25)(H,29,30). The first-order valence-electron chi connectivity index (χ1n) is 10.7. The average Bonchev–Trinajstić information content (AvgIpc) is 2.71. The number of Topliss-reactive ketones (excluding diaryl/α,β-unsaturated/α-hetero) is 1. The molecule has 0 aliphatic heterocycles. The summed E-state index contributed by atoms with van der Waals surface area (Å²) in [6, 6.07) is 1.96. The van der Waals surface area contributed by atoms with Gasteiger partial charge in [-0.1, -0.05) is 13.0 Å². The Morgan fingerprint density at radius 3 is 2.23 bits per heavy atom. The molecule has 2 unspecified atom stereocenters. The molecule has 0 bridgehead atoms. The smallest absolute Gasteiger partial charge is 0.338 e. The van der Waals surface area contributed by atoms with Gasteiger partial charge in [0.25, 0.3) is 0 Å². The maximum atomic E-state index is 13.4. The lowest BCUT2D eigenvalue weighted by Gasteiger charge is -2.25. The molecule has 0 aliphatic carbocycles. The van der Waals surface area contributed by atoms with Gasteiger partial charge >= 0.3 is 11.9 Å². The monoisotopic (exact) mass is 512 g/mol. The van der Waals surface area contributed by atoms with Crippen molar-refractivity contribution in [2.45, 2.75) is 69.2 Å². The minimum Gasteiger partial charge on any atom is -0.480 e. The third-order valence-electron chi connectivity index (χ3n) is 4.93. The van der Waals surface area contributed by atoms with Gasteiger partial charge in [0.05, 0.1) is 10.5 Å². The number of carbonyl (C=O) groups is 4. The van der Waals surface area contributed by atoms with Gasteiger partial charge in [-0.05, 0) is 51.8 Å². The lowest BCUT2D eigenvalue weighted by atomic mass is 10.1. The van der Waals surface area contributed by atoms with Crippen LogP contribution in [0.1, 0.15) is 56.5 Å². The highest BCUT2D eigenvalue weighted by Crippen LogP contribution is 2.24. The van der Waals surface area contributed by atoms with Crippen LogP contribution in [0.15, 0.2) is 23.1 Å². The van der Waals surface area contributed by atoms with Crippen LogP contribution < -0.4 is 11.5 Å². The molecule has 6 N–H and O–H groups in total. The molecule has 12 nitrogen and oxygen atoms in total. The van der Waals surface area contributed by atoms with Gasteiger partial charge in [-0.2, -0.15) is 0 Å². The minimum atomic E-state index is -4.37. The van der Waals surface area contributed by atoms with Crippen LogP contribution in [0.25, 0.3) is 0 Å². The van der Waals surface area contributed by atoms with Gasteiger partial charge in [0.15, 0.2) is 27.6 Å². The number of nitrogens with one attached hydrogen (secondary N) is 1. The Hall–Kier alpha value is -3.32. The van der Waals surface area contributed by atoms with Gasteiger partial charge in [0.1, 0.15) is 10.9 Å².